The average molecular weight is 349 g/mol. The number of likely N-dealkylation sites (N-methyl/N-ethyl adjacent to an activating group) is 1. The summed E-state index contributed by atoms with van der Waals surface area (Å²) in [4.78, 5) is 2.41. The second-order valence-corrected chi connectivity index (χ2v) is 8.59. The maximum atomic E-state index is 13.0. The predicted molar refractivity (Wildman–Crippen MR) is 89.9 cm³/mol. The Morgan fingerprint density at radius 2 is 2.00 bits per heavy atom. The van der Waals surface area contributed by atoms with Gasteiger partial charge in [0.15, 0.2) is 0 Å². The largest absolute Gasteiger partial charge is 0.374 e. The molecule has 2 fully saturated rings. The molecule has 0 spiro atoms. The Hall–Kier alpha value is -1.46. The number of rotatable bonds is 6. The molecule has 1 aromatic rings. The van der Waals surface area contributed by atoms with Crippen molar-refractivity contribution in [1.29, 1.82) is 5.26 Å². The average Bonchev–Trinajstić information content (AvgIpc) is 3.38. The van der Waals surface area contributed by atoms with Gasteiger partial charge in [-0.1, -0.05) is 0 Å². The molecule has 1 heterocycles. The summed E-state index contributed by atoms with van der Waals surface area (Å²) in [5, 5.41) is 8.88. The number of hydrogen-bond acceptors (Lipinski definition) is 5. The molecule has 0 radical (unpaired) electrons. The van der Waals surface area contributed by atoms with Gasteiger partial charge in [0, 0.05) is 26.2 Å². The van der Waals surface area contributed by atoms with E-state index < -0.39 is 10.0 Å². The third-order valence-electron chi connectivity index (χ3n) is 4.53. The van der Waals surface area contributed by atoms with Crippen molar-refractivity contribution in [2.45, 2.75) is 23.8 Å². The summed E-state index contributed by atoms with van der Waals surface area (Å²) in [6.45, 7) is 3.18. The number of hydrogen-bond donors (Lipinski definition) is 0. The summed E-state index contributed by atoms with van der Waals surface area (Å²) in [5.41, 5.74) is 0.458. The van der Waals surface area contributed by atoms with Gasteiger partial charge in [-0.05, 0) is 50.1 Å². The highest BCUT2D eigenvalue weighted by atomic mass is 32.2. The van der Waals surface area contributed by atoms with Crippen LogP contribution in [0.15, 0.2) is 29.2 Å². The van der Waals surface area contributed by atoms with Crippen molar-refractivity contribution >= 4 is 10.0 Å². The van der Waals surface area contributed by atoms with Gasteiger partial charge in [0.25, 0.3) is 0 Å². The molecule has 1 unspecified atom stereocenters. The summed E-state index contributed by atoms with van der Waals surface area (Å²) >= 11 is 0. The van der Waals surface area contributed by atoms with E-state index in [1.807, 2.05) is 13.1 Å². The van der Waals surface area contributed by atoms with Gasteiger partial charge in [-0.3, -0.25) is 0 Å². The fraction of sp³-hybridized carbons (Fsp3) is 0.588. The van der Waals surface area contributed by atoms with E-state index in [1.54, 1.807) is 16.4 Å². The highest BCUT2D eigenvalue weighted by molar-refractivity contribution is 7.89. The first-order chi connectivity index (χ1) is 11.5. The third kappa shape index (κ3) is 4.14. The molecule has 1 saturated carbocycles. The molecule has 1 atom stereocenters. The number of ether oxygens (including phenoxy) is 1. The molecule has 7 heteroatoms. The minimum atomic E-state index is -3.57. The van der Waals surface area contributed by atoms with Crippen molar-refractivity contribution < 1.29 is 13.2 Å². The van der Waals surface area contributed by atoms with Crippen LogP contribution < -0.4 is 0 Å². The van der Waals surface area contributed by atoms with Gasteiger partial charge in [-0.2, -0.15) is 9.57 Å². The quantitative estimate of drug-likeness (QED) is 0.774. The minimum absolute atomic E-state index is 0.101. The molecule has 3 rings (SSSR count). The van der Waals surface area contributed by atoms with Crippen molar-refractivity contribution in [3.63, 3.8) is 0 Å². The Morgan fingerprint density at radius 3 is 2.58 bits per heavy atom. The van der Waals surface area contributed by atoms with Crippen molar-refractivity contribution in [3.05, 3.63) is 29.8 Å². The molecule has 1 aromatic carbocycles. The summed E-state index contributed by atoms with van der Waals surface area (Å²) in [6.07, 6.45) is 2.07. The fourth-order valence-corrected chi connectivity index (χ4v) is 4.46. The smallest absolute Gasteiger partial charge is 0.243 e. The van der Waals surface area contributed by atoms with Crippen molar-refractivity contribution in [3.8, 4) is 6.07 Å². The highest BCUT2D eigenvalue weighted by Crippen LogP contribution is 2.32. The van der Waals surface area contributed by atoms with Crippen molar-refractivity contribution in [2.24, 2.45) is 5.92 Å². The molecule has 0 amide bonds. The Balaban J connectivity index is 1.79. The van der Waals surface area contributed by atoms with E-state index in [1.165, 1.54) is 12.1 Å². The van der Waals surface area contributed by atoms with E-state index in [-0.39, 0.29) is 11.0 Å². The fourth-order valence-electron chi connectivity index (χ4n) is 2.91. The molecule has 6 nitrogen and oxygen atoms in total. The number of nitriles is 1. The molecule has 0 bridgehead atoms. The third-order valence-corrected chi connectivity index (χ3v) is 6.37. The first kappa shape index (κ1) is 17.4. The number of sulfonamides is 1. The molecule has 130 valence electrons. The van der Waals surface area contributed by atoms with E-state index in [9.17, 15) is 8.42 Å². The van der Waals surface area contributed by atoms with Crippen LogP contribution in [-0.2, 0) is 14.8 Å². The van der Waals surface area contributed by atoms with Crippen molar-refractivity contribution in [2.75, 3.05) is 39.8 Å². The monoisotopic (exact) mass is 349 g/mol. The van der Waals surface area contributed by atoms with E-state index in [2.05, 4.69) is 4.90 Å². The van der Waals surface area contributed by atoms with Gasteiger partial charge in [-0.25, -0.2) is 8.42 Å². The van der Waals surface area contributed by atoms with Crippen LogP contribution in [0.3, 0.4) is 0 Å². The summed E-state index contributed by atoms with van der Waals surface area (Å²) < 4.78 is 33.4. The van der Waals surface area contributed by atoms with E-state index in [0.717, 1.165) is 25.9 Å². The molecular formula is C17H23N3O3S. The van der Waals surface area contributed by atoms with Crippen LogP contribution in [0.1, 0.15) is 18.4 Å². The minimum Gasteiger partial charge on any atom is -0.374 e. The lowest BCUT2D eigenvalue weighted by molar-refractivity contribution is -0.0268. The maximum Gasteiger partial charge on any atom is 0.243 e. The maximum absolute atomic E-state index is 13.0. The van der Waals surface area contributed by atoms with Crippen LogP contribution in [-0.4, -0.2) is 63.6 Å². The molecule has 2 aliphatic rings. The lowest BCUT2D eigenvalue weighted by atomic mass is 10.2. The van der Waals surface area contributed by atoms with Gasteiger partial charge < -0.3 is 9.64 Å². The van der Waals surface area contributed by atoms with Gasteiger partial charge in [-0.15, -0.1) is 0 Å². The second-order valence-electron chi connectivity index (χ2n) is 6.66. The predicted octanol–water partition coefficient (Wildman–Crippen LogP) is 1.29. The number of nitrogens with zero attached hydrogens (tertiary/aromatic N) is 3. The molecular weight excluding hydrogens is 326 g/mol. The topological polar surface area (TPSA) is 73.6 Å². The molecule has 0 N–H and O–H groups in total. The Kier molecular flexibility index (Phi) is 5.21. The summed E-state index contributed by atoms with van der Waals surface area (Å²) in [6, 6.07) is 8.14. The van der Waals surface area contributed by atoms with Crippen LogP contribution >= 0.6 is 0 Å². The van der Waals surface area contributed by atoms with Crippen LogP contribution in [0.2, 0.25) is 0 Å². The first-order valence-corrected chi connectivity index (χ1v) is 9.73. The van der Waals surface area contributed by atoms with E-state index in [0.29, 0.717) is 31.2 Å². The number of morpholine rings is 1. The zero-order valence-corrected chi connectivity index (χ0v) is 14.7. The highest BCUT2D eigenvalue weighted by Gasteiger charge is 2.34. The van der Waals surface area contributed by atoms with Crippen LogP contribution in [0.4, 0.5) is 0 Å². The normalized spacial score (nSPS) is 22.5. The van der Waals surface area contributed by atoms with Gasteiger partial charge in [0.2, 0.25) is 10.0 Å². The SMILES string of the molecule is CN1CCOC(CN(CC2CC2)S(=O)(=O)c2ccc(C#N)cc2)C1. The van der Waals surface area contributed by atoms with E-state index >= 15 is 0 Å². The Labute approximate surface area is 143 Å². The van der Waals surface area contributed by atoms with Crippen LogP contribution in [0, 0.1) is 17.2 Å². The Bertz CT molecular complexity index is 708. The zero-order valence-electron chi connectivity index (χ0n) is 13.9. The number of benzene rings is 1. The van der Waals surface area contributed by atoms with Crippen LogP contribution in [0.25, 0.3) is 0 Å². The van der Waals surface area contributed by atoms with E-state index in [4.69, 9.17) is 10.00 Å². The molecule has 1 aliphatic heterocycles. The molecule has 0 aromatic heterocycles. The summed E-state index contributed by atoms with van der Waals surface area (Å²) in [7, 11) is -1.55. The van der Waals surface area contributed by atoms with Crippen molar-refractivity contribution in [1.82, 2.24) is 9.21 Å². The first-order valence-electron chi connectivity index (χ1n) is 8.29. The molecule has 1 aliphatic carbocycles. The standard InChI is InChI=1S/C17H23N3O3S/c1-19-8-9-23-16(12-19)13-20(11-15-2-3-15)24(21,22)17-6-4-14(10-18)5-7-17/h4-7,15-16H,2-3,8-9,11-13H2,1H3. The summed E-state index contributed by atoms with van der Waals surface area (Å²) in [5.74, 6) is 0.458. The molecule has 1 saturated heterocycles. The van der Waals surface area contributed by atoms with Gasteiger partial charge >= 0.3 is 0 Å². The Morgan fingerprint density at radius 1 is 1.29 bits per heavy atom. The van der Waals surface area contributed by atoms with Gasteiger partial charge in [0.05, 0.1) is 29.2 Å². The zero-order chi connectivity index (χ0) is 17.2. The van der Waals surface area contributed by atoms with Crippen LogP contribution in [0.5, 0.6) is 0 Å². The second kappa shape index (κ2) is 7.19. The molecule has 24 heavy (non-hydrogen) atoms. The lowest BCUT2D eigenvalue weighted by Gasteiger charge is -2.33. The van der Waals surface area contributed by atoms with Gasteiger partial charge in [0.1, 0.15) is 0 Å². The lowest BCUT2D eigenvalue weighted by Crippen LogP contribution is -2.48.